The molecule has 6 heteroatoms. The van der Waals surface area contributed by atoms with Gasteiger partial charge in [0, 0.05) is 6.58 Å². The first-order chi connectivity index (χ1) is 9.51. The van der Waals surface area contributed by atoms with Gasteiger partial charge in [0.05, 0.1) is 7.98 Å². The van der Waals surface area contributed by atoms with Gasteiger partial charge in [-0.1, -0.05) is 32.6 Å². The van der Waals surface area contributed by atoms with E-state index in [1.807, 2.05) is 0 Å². The molecule has 0 aliphatic carbocycles. The van der Waals surface area contributed by atoms with Gasteiger partial charge >= 0.3 is 0 Å². The van der Waals surface area contributed by atoms with Crippen LogP contribution in [0.3, 0.4) is 0 Å². The Hall–Kier alpha value is -0.240. The van der Waals surface area contributed by atoms with E-state index in [4.69, 9.17) is 16.0 Å². The van der Waals surface area contributed by atoms with E-state index >= 15 is 0 Å². The lowest BCUT2D eigenvalue weighted by Crippen LogP contribution is -2.59. The summed E-state index contributed by atoms with van der Waals surface area (Å²) in [6.45, 7) is 0.736. The summed E-state index contributed by atoms with van der Waals surface area (Å²) in [6.07, 6.45) is -1.91. The van der Waals surface area contributed by atoms with Gasteiger partial charge in [0.1, 0.15) is 24.4 Å². The second-order valence-electron chi connectivity index (χ2n) is 4.85. The molecule has 19 heavy (non-hydrogen) atoms. The van der Waals surface area contributed by atoms with E-state index < -0.39 is 43.9 Å². The van der Waals surface area contributed by atoms with E-state index in [9.17, 15) is 15.3 Å². The van der Waals surface area contributed by atoms with E-state index in [-0.39, 0.29) is 0 Å². The monoisotopic (exact) mass is 279 g/mol. The SMILES string of the molecule is [2H]C(CCCCCC)OC1O[C@H](CO)[C@@H](O)[C@H](O)[C@H]1O. The van der Waals surface area contributed by atoms with Crippen molar-refractivity contribution in [3.8, 4) is 0 Å². The molecule has 1 rings (SSSR count). The molecule has 6 nitrogen and oxygen atoms in total. The smallest absolute Gasteiger partial charge is 0.186 e. The van der Waals surface area contributed by atoms with Gasteiger partial charge in [-0.05, 0) is 6.42 Å². The van der Waals surface area contributed by atoms with Crippen LogP contribution in [0.4, 0.5) is 0 Å². The van der Waals surface area contributed by atoms with Crippen molar-refractivity contribution in [3.63, 3.8) is 0 Å². The first-order valence-corrected chi connectivity index (χ1v) is 6.89. The maximum Gasteiger partial charge on any atom is 0.186 e. The highest BCUT2D eigenvalue weighted by Gasteiger charge is 2.43. The van der Waals surface area contributed by atoms with E-state index in [0.717, 1.165) is 25.7 Å². The molecule has 2 unspecified atom stereocenters. The summed E-state index contributed by atoms with van der Waals surface area (Å²) in [5, 5.41) is 38.0. The average Bonchev–Trinajstić information content (AvgIpc) is 2.44. The fourth-order valence-electron chi connectivity index (χ4n) is 2.00. The van der Waals surface area contributed by atoms with Crippen LogP contribution < -0.4 is 0 Å². The number of hydrogen-bond donors (Lipinski definition) is 4. The Labute approximate surface area is 115 Å². The topological polar surface area (TPSA) is 99.4 Å². The van der Waals surface area contributed by atoms with Crippen molar-refractivity contribution in [2.24, 2.45) is 0 Å². The second kappa shape index (κ2) is 8.84. The minimum absolute atomic E-state index is 0.496. The second-order valence-corrected chi connectivity index (χ2v) is 4.85. The van der Waals surface area contributed by atoms with Gasteiger partial charge in [0.2, 0.25) is 0 Å². The third kappa shape index (κ3) is 4.98. The Morgan fingerprint density at radius 3 is 2.37 bits per heavy atom. The molecule has 114 valence electrons. The molecule has 0 amide bonds. The minimum atomic E-state index is -1.46. The molecule has 0 spiro atoms. The standard InChI is InChI=1S/C13H26O6/c1-2-3-4-5-6-7-18-13-12(17)11(16)10(15)9(8-14)19-13/h9-17H,2-8H2,1H3/t9-,10-,11+,12-,13?/m1/s1/i7D/t7?,9-,10-,11+,12-,13?. The van der Waals surface area contributed by atoms with Crippen LogP contribution in [0.5, 0.6) is 0 Å². The molecule has 0 saturated carbocycles. The van der Waals surface area contributed by atoms with Crippen molar-refractivity contribution in [2.45, 2.75) is 69.7 Å². The predicted octanol–water partition coefficient (Wildman–Crippen LogP) is -0.227. The fourth-order valence-corrected chi connectivity index (χ4v) is 2.00. The molecule has 1 fully saturated rings. The molecule has 1 aliphatic rings. The summed E-state index contributed by atoms with van der Waals surface area (Å²) in [7, 11) is 0. The lowest BCUT2D eigenvalue weighted by atomic mass is 9.99. The molecular formula is C13H26O6. The van der Waals surface area contributed by atoms with Crippen molar-refractivity contribution in [1.29, 1.82) is 0 Å². The zero-order valence-corrected chi connectivity index (χ0v) is 11.3. The molecule has 4 N–H and O–H groups in total. The Bertz CT molecular complexity index is 265. The number of rotatable bonds is 8. The lowest BCUT2D eigenvalue weighted by molar-refractivity contribution is -0.301. The maximum absolute atomic E-state index is 9.75. The molecule has 1 heterocycles. The maximum atomic E-state index is 9.75. The van der Waals surface area contributed by atoms with Crippen LogP contribution in [0.25, 0.3) is 0 Å². The molecule has 6 atom stereocenters. The molecule has 1 aliphatic heterocycles. The zero-order chi connectivity index (χ0) is 15.1. The van der Waals surface area contributed by atoms with Crippen LogP contribution in [0.15, 0.2) is 0 Å². The largest absolute Gasteiger partial charge is 0.394 e. The van der Waals surface area contributed by atoms with Crippen molar-refractivity contribution in [3.05, 3.63) is 0 Å². The Kier molecular flexibility index (Phi) is 7.05. The van der Waals surface area contributed by atoms with Crippen LogP contribution in [-0.2, 0) is 9.47 Å². The van der Waals surface area contributed by atoms with Crippen molar-refractivity contribution in [1.82, 2.24) is 0 Å². The first-order valence-electron chi connectivity index (χ1n) is 7.47. The summed E-state index contributed by atoms with van der Waals surface area (Å²) in [4.78, 5) is 0. The molecule has 0 bridgehead atoms. The molecular weight excluding hydrogens is 252 g/mol. The van der Waals surface area contributed by atoms with E-state index in [1.54, 1.807) is 0 Å². The highest BCUT2D eigenvalue weighted by atomic mass is 16.7. The normalized spacial score (nSPS) is 37.9. The minimum Gasteiger partial charge on any atom is -0.394 e. The van der Waals surface area contributed by atoms with Gasteiger partial charge in [-0.3, -0.25) is 0 Å². The van der Waals surface area contributed by atoms with Gasteiger partial charge in [-0.15, -0.1) is 0 Å². The first kappa shape index (κ1) is 15.2. The van der Waals surface area contributed by atoms with E-state index in [0.29, 0.717) is 6.42 Å². The van der Waals surface area contributed by atoms with Gasteiger partial charge in [0.25, 0.3) is 0 Å². The Morgan fingerprint density at radius 1 is 1.05 bits per heavy atom. The number of aliphatic hydroxyl groups excluding tert-OH is 4. The van der Waals surface area contributed by atoms with Gasteiger partial charge < -0.3 is 29.9 Å². The van der Waals surface area contributed by atoms with Crippen LogP contribution in [0.2, 0.25) is 0 Å². The summed E-state index contributed by atoms with van der Waals surface area (Å²) in [6, 6.07) is 0. The Balaban J connectivity index is 2.40. The zero-order valence-electron chi connectivity index (χ0n) is 12.3. The van der Waals surface area contributed by atoms with Gasteiger partial charge in [0.15, 0.2) is 6.29 Å². The third-order valence-electron chi connectivity index (χ3n) is 3.25. The average molecular weight is 279 g/mol. The van der Waals surface area contributed by atoms with Gasteiger partial charge in [-0.25, -0.2) is 0 Å². The van der Waals surface area contributed by atoms with Crippen LogP contribution >= 0.6 is 0 Å². The number of hydrogen-bond acceptors (Lipinski definition) is 6. The van der Waals surface area contributed by atoms with Crippen molar-refractivity contribution < 1.29 is 31.3 Å². The predicted molar refractivity (Wildman–Crippen MR) is 68.5 cm³/mol. The molecule has 0 aromatic rings. The third-order valence-corrected chi connectivity index (χ3v) is 3.25. The molecule has 1 saturated heterocycles. The van der Waals surface area contributed by atoms with Crippen LogP contribution in [-0.4, -0.2) is 64.3 Å². The number of unbranched alkanes of at least 4 members (excludes halogenated alkanes) is 3. The number of ether oxygens (including phenoxy) is 2. The van der Waals surface area contributed by atoms with Crippen LogP contribution in [0, 0.1) is 0 Å². The fraction of sp³-hybridized carbons (Fsp3) is 1.00. The number of aliphatic hydroxyl groups is 4. The highest BCUT2D eigenvalue weighted by Crippen LogP contribution is 2.22. The molecule has 0 aromatic heterocycles. The highest BCUT2D eigenvalue weighted by molar-refractivity contribution is 4.88. The summed E-state index contributed by atoms with van der Waals surface area (Å²) < 4.78 is 18.2. The van der Waals surface area contributed by atoms with E-state index in [1.165, 1.54) is 0 Å². The van der Waals surface area contributed by atoms with Crippen LogP contribution in [0.1, 0.15) is 40.4 Å². The van der Waals surface area contributed by atoms with E-state index in [2.05, 4.69) is 6.92 Å². The molecule has 0 radical (unpaired) electrons. The quantitative estimate of drug-likeness (QED) is 0.458. The van der Waals surface area contributed by atoms with Crippen molar-refractivity contribution >= 4 is 0 Å². The molecule has 0 aromatic carbocycles. The van der Waals surface area contributed by atoms with Crippen molar-refractivity contribution in [2.75, 3.05) is 13.2 Å². The summed E-state index contributed by atoms with van der Waals surface area (Å²) >= 11 is 0. The lowest BCUT2D eigenvalue weighted by Gasteiger charge is -2.39. The summed E-state index contributed by atoms with van der Waals surface area (Å²) in [5.74, 6) is 0. The summed E-state index contributed by atoms with van der Waals surface area (Å²) in [5.41, 5.74) is 0. The Morgan fingerprint density at radius 2 is 1.74 bits per heavy atom. The van der Waals surface area contributed by atoms with Gasteiger partial charge in [-0.2, -0.15) is 0 Å².